The Bertz CT molecular complexity index is 389. The molecule has 0 aromatic carbocycles. The van der Waals surface area contributed by atoms with E-state index in [0.717, 1.165) is 24.9 Å². The third kappa shape index (κ3) is 2.96. The van der Waals surface area contributed by atoms with Gasteiger partial charge in [0.05, 0.1) is 5.02 Å². The summed E-state index contributed by atoms with van der Waals surface area (Å²) in [6.45, 7) is 2.21. The number of pyridine rings is 1. The van der Waals surface area contributed by atoms with Crippen LogP contribution in [0.25, 0.3) is 0 Å². The van der Waals surface area contributed by atoms with Crippen LogP contribution in [0.5, 0.6) is 0 Å². The molecule has 3 nitrogen and oxygen atoms in total. The second-order valence-electron chi connectivity index (χ2n) is 5.36. The molecule has 0 amide bonds. The van der Waals surface area contributed by atoms with E-state index in [1.807, 2.05) is 12.1 Å². The zero-order valence-corrected chi connectivity index (χ0v) is 11.4. The van der Waals surface area contributed by atoms with Crippen molar-refractivity contribution in [3.63, 3.8) is 0 Å². The first-order chi connectivity index (χ1) is 8.83. The summed E-state index contributed by atoms with van der Waals surface area (Å²) in [4.78, 5) is 6.90. The maximum atomic E-state index is 5.90. The van der Waals surface area contributed by atoms with Crippen molar-refractivity contribution in [1.82, 2.24) is 10.3 Å². The number of hydrogen-bond acceptors (Lipinski definition) is 3. The number of aromatic nitrogens is 1. The van der Waals surface area contributed by atoms with Crippen molar-refractivity contribution < 1.29 is 0 Å². The number of nitrogens with zero attached hydrogens (tertiary/aromatic N) is 2. The molecule has 1 aliphatic carbocycles. The monoisotopic (exact) mass is 265 g/mol. The van der Waals surface area contributed by atoms with Crippen molar-refractivity contribution in [3.8, 4) is 0 Å². The fourth-order valence-corrected chi connectivity index (χ4v) is 2.75. The fourth-order valence-electron chi connectivity index (χ4n) is 2.64. The normalized spacial score (nSPS) is 24.3. The predicted molar refractivity (Wildman–Crippen MR) is 75.3 cm³/mol. The van der Waals surface area contributed by atoms with Crippen molar-refractivity contribution in [1.29, 1.82) is 0 Å². The molecule has 1 aliphatic heterocycles. The first-order valence-corrected chi connectivity index (χ1v) is 7.32. The number of piperidine rings is 1. The number of anilines is 1. The lowest BCUT2D eigenvalue weighted by molar-refractivity contribution is 0.432. The molecule has 1 unspecified atom stereocenters. The topological polar surface area (TPSA) is 28.2 Å². The van der Waals surface area contributed by atoms with Crippen molar-refractivity contribution in [3.05, 3.63) is 23.4 Å². The first kappa shape index (κ1) is 12.2. The second-order valence-corrected chi connectivity index (χ2v) is 5.80. The lowest BCUT2D eigenvalue weighted by Gasteiger charge is -2.37. The number of hydrogen-bond donors (Lipinski definition) is 1. The molecule has 2 heterocycles. The van der Waals surface area contributed by atoms with Crippen LogP contribution in [0.1, 0.15) is 32.1 Å². The molecule has 0 spiro atoms. The molecule has 3 rings (SSSR count). The fraction of sp³-hybridized carbons (Fsp3) is 0.643. The van der Waals surface area contributed by atoms with Gasteiger partial charge in [-0.1, -0.05) is 11.6 Å². The summed E-state index contributed by atoms with van der Waals surface area (Å²) in [6, 6.07) is 5.35. The predicted octanol–water partition coefficient (Wildman–Crippen LogP) is 2.85. The van der Waals surface area contributed by atoms with Gasteiger partial charge in [0, 0.05) is 31.4 Å². The molecule has 1 saturated heterocycles. The molecule has 2 fully saturated rings. The van der Waals surface area contributed by atoms with Gasteiger partial charge in [-0.05, 0) is 44.2 Å². The van der Waals surface area contributed by atoms with Crippen LogP contribution in [0, 0.1) is 0 Å². The highest BCUT2D eigenvalue weighted by Gasteiger charge is 2.26. The van der Waals surface area contributed by atoms with Gasteiger partial charge in [0.15, 0.2) is 0 Å². The Morgan fingerprint density at radius 2 is 2.17 bits per heavy atom. The molecule has 1 aromatic rings. The standard InChI is InChI=1S/C14H20ClN3/c15-11-4-7-14(17-9-11)18-8-2-1-3-13(18)10-16-12-5-6-12/h4,7,9,12-13,16H,1-3,5-6,8,10H2. The van der Waals surface area contributed by atoms with Gasteiger partial charge in [0.1, 0.15) is 5.82 Å². The van der Waals surface area contributed by atoms with Gasteiger partial charge in [0.25, 0.3) is 0 Å². The van der Waals surface area contributed by atoms with Crippen molar-refractivity contribution >= 4 is 17.4 Å². The Morgan fingerprint density at radius 1 is 1.28 bits per heavy atom. The van der Waals surface area contributed by atoms with E-state index in [-0.39, 0.29) is 0 Å². The average Bonchev–Trinajstić information content (AvgIpc) is 3.22. The molecule has 1 atom stereocenters. The van der Waals surface area contributed by atoms with E-state index >= 15 is 0 Å². The van der Waals surface area contributed by atoms with Crippen LogP contribution in [-0.2, 0) is 0 Å². The maximum absolute atomic E-state index is 5.90. The molecular weight excluding hydrogens is 246 g/mol. The highest BCUT2D eigenvalue weighted by molar-refractivity contribution is 6.30. The van der Waals surface area contributed by atoms with E-state index < -0.39 is 0 Å². The van der Waals surface area contributed by atoms with Crippen LogP contribution in [0.15, 0.2) is 18.3 Å². The lowest BCUT2D eigenvalue weighted by Crippen LogP contribution is -2.46. The van der Waals surface area contributed by atoms with Crippen LogP contribution in [0.2, 0.25) is 5.02 Å². The summed E-state index contributed by atoms with van der Waals surface area (Å²) in [5.41, 5.74) is 0. The van der Waals surface area contributed by atoms with Crippen molar-refractivity contribution in [2.24, 2.45) is 0 Å². The smallest absolute Gasteiger partial charge is 0.128 e. The summed E-state index contributed by atoms with van der Waals surface area (Å²) in [5.74, 6) is 1.07. The van der Waals surface area contributed by atoms with Gasteiger partial charge in [-0.15, -0.1) is 0 Å². The van der Waals surface area contributed by atoms with Gasteiger partial charge in [-0.2, -0.15) is 0 Å². The molecule has 0 bridgehead atoms. The Hall–Kier alpha value is -0.800. The third-order valence-electron chi connectivity index (χ3n) is 3.85. The summed E-state index contributed by atoms with van der Waals surface area (Å²) in [7, 11) is 0. The Labute approximate surface area is 114 Å². The minimum atomic E-state index is 0.591. The van der Waals surface area contributed by atoms with Crippen molar-refractivity contribution in [2.45, 2.75) is 44.2 Å². The number of halogens is 1. The molecule has 1 aromatic heterocycles. The van der Waals surface area contributed by atoms with Crippen LogP contribution in [0.3, 0.4) is 0 Å². The van der Waals surface area contributed by atoms with E-state index in [2.05, 4.69) is 15.2 Å². The molecule has 2 aliphatic rings. The highest BCUT2D eigenvalue weighted by atomic mass is 35.5. The Kier molecular flexibility index (Phi) is 3.71. The highest BCUT2D eigenvalue weighted by Crippen LogP contribution is 2.25. The number of nitrogens with one attached hydrogen (secondary N) is 1. The Balaban J connectivity index is 1.67. The summed E-state index contributed by atoms with van der Waals surface area (Å²) in [6.07, 6.45) is 8.32. The molecule has 4 heteroatoms. The van der Waals surface area contributed by atoms with E-state index in [9.17, 15) is 0 Å². The van der Waals surface area contributed by atoms with Gasteiger partial charge >= 0.3 is 0 Å². The SMILES string of the molecule is Clc1ccc(N2CCCCC2CNC2CC2)nc1. The third-order valence-corrected chi connectivity index (χ3v) is 4.08. The van der Waals surface area contributed by atoms with E-state index in [0.29, 0.717) is 11.1 Å². The van der Waals surface area contributed by atoms with Gasteiger partial charge in [-0.25, -0.2) is 4.98 Å². The lowest BCUT2D eigenvalue weighted by atomic mass is 10.0. The van der Waals surface area contributed by atoms with E-state index in [1.54, 1.807) is 6.20 Å². The van der Waals surface area contributed by atoms with Crippen LogP contribution >= 0.6 is 11.6 Å². The zero-order valence-electron chi connectivity index (χ0n) is 10.6. The van der Waals surface area contributed by atoms with E-state index in [4.69, 9.17) is 11.6 Å². The minimum Gasteiger partial charge on any atom is -0.352 e. The van der Waals surface area contributed by atoms with Gasteiger partial charge in [0.2, 0.25) is 0 Å². The zero-order chi connectivity index (χ0) is 12.4. The quantitative estimate of drug-likeness (QED) is 0.907. The molecule has 18 heavy (non-hydrogen) atoms. The summed E-state index contributed by atoms with van der Waals surface area (Å²) < 4.78 is 0. The van der Waals surface area contributed by atoms with Crippen LogP contribution in [-0.4, -0.2) is 30.2 Å². The molecule has 0 radical (unpaired) electrons. The van der Waals surface area contributed by atoms with Crippen molar-refractivity contribution in [2.75, 3.05) is 18.0 Å². The van der Waals surface area contributed by atoms with Gasteiger partial charge in [-0.3, -0.25) is 0 Å². The van der Waals surface area contributed by atoms with E-state index in [1.165, 1.54) is 32.1 Å². The van der Waals surface area contributed by atoms with Gasteiger partial charge < -0.3 is 10.2 Å². The second kappa shape index (κ2) is 5.45. The Morgan fingerprint density at radius 3 is 2.89 bits per heavy atom. The first-order valence-electron chi connectivity index (χ1n) is 6.94. The summed E-state index contributed by atoms with van der Waals surface area (Å²) in [5, 5.41) is 4.35. The molecular formula is C14H20ClN3. The minimum absolute atomic E-state index is 0.591. The van der Waals surface area contributed by atoms with Crippen LogP contribution < -0.4 is 10.2 Å². The largest absolute Gasteiger partial charge is 0.352 e. The molecule has 98 valence electrons. The maximum Gasteiger partial charge on any atom is 0.128 e. The van der Waals surface area contributed by atoms with Crippen LogP contribution in [0.4, 0.5) is 5.82 Å². The molecule has 1 N–H and O–H groups in total. The molecule has 1 saturated carbocycles. The average molecular weight is 266 g/mol. The number of rotatable bonds is 4. The summed E-state index contributed by atoms with van der Waals surface area (Å²) >= 11 is 5.90.